The number of halogens is 5. The molecular weight excluding hydrogens is 614 g/mol. The lowest BCUT2D eigenvalue weighted by molar-refractivity contribution is -0.166. The molecule has 3 rings (SSSR count). The third-order valence-corrected chi connectivity index (χ3v) is 8.16. The van der Waals surface area contributed by atoms with Crippen molar-refractivity contribution >= 4 is 45.0 Å². The predicted octanol–water partition coefficient (Wildman–Crippen LogP) is 6.79. The maximum absolute atomic E-state index is 13.1. The average molecular weight is 657 g/mol. The van der Waals surface area contributed by atoms with Crippen LogP contribution in [0.2, 0.25) is 5.02 Å². The SMILES string of the molecule is C/C=C(/Cl)CC.C=CC(=C)C.CC(C)N1CC2N(C(=O)CCN2S(C)(=O)=O)C(Cc2ccc(Cl)cc2)C1=O.FC(F)F. The van der Waals surface area contributed by atoms with Gasteiger partial charge < -0.3 is 9.80 Å². The topological polar surface area (TPSA) is 78.0 Å². The van der Waals surface area contributed by atoms with Crippen LogP contribution >= 0.6 is 23.2 Å². The summed E-state index contributed by atoms with van der Waals surface area (Å²) in [7, 11) is -3.50. The van der Waals surface area contributed by atoms with E-state index in [-0.39, 0.29) is 37.4 Å². The van der Waals surface area contributed by atoms with Crippen molar-refractivity contribution in [2.45, 2.75) is 78.8 Å². The lowest BCUT2D eigenvalue weighted by atomic mass is 9.97. The molecule has 42 heavy (non-hydrogen) atoms. The zero-order valence-corrected chi connectivity index (χ0v) is 27.3. The van der Waals surface area contributed by atoms with Gasteiger partial charge in [0.05, 0.1) is 12.8 Å². The van der Waals surface area contributed by atoms with Gasteiger partial charge in [-0.2, -0.15) is 17.5 Å². The van der Waals surface area contributed by atoms with Crippen LogP contribution in [0.25, 0.3) is 0 Å². The normalized spacial score (nSPS) is 19.1. The monoisotopic (exact) mass is 655 g/mol. The Balaban J connectivity index is 0.000000926. The number of benzene rings is 1. The molecule has 2 saturated heterocycles. The van der Waals surface area contributed by atoms with Crippen molar-refractivity contribution in [1.82, 2.24) is 14.1 Å². The van der Waals surface area contributed by atoms with E-state index in [0.29, 0.717) is 11.4 Å². The van der Waals surface area contributed by atoms with Crippen molar-refractivity contribution in [1.29, 1.82) is 0 Å². The number of carbonyl (C=O) groups excluding carboxylic acids is 2. The fourth-order valence-corrected chi connectivity index (χ4v) is 5.17. The number of hydrogen-bond acceptors (Lipinski definition) is 4. The highest BCUT2D eigenvalue weighted by Gasteiger charge is 2.50. The summed E-state index contributed by atoms with van der Waals surface area (Å²) in [6.45, 7) is 13.3. The van der Waals surface area contributed by atoms with Gasteiger partial charge in [0.2, 0.25) is 21.8 Å². The number of allylic oxidation sites excluding steroid dienone is 4. The molecule has 0 bridgehead atoms. The zero-order valence-electron chi connectivity index (χ0n) is 25.0. The molecule has 2 aliphatic heterocycles. The third-order valence-electron chi connectivity index (χ3n) is 6.14. The van der Waals surface area contributed by atoms with Gasteiger partial charge in [-0.25, -0.2) is 8.42 Å². The van der Waals surface area contributed by atoms with E-state index in [9.17, 15) is 31.2 Å². The minimum absolute atomic E-state index is 0.0790. The zero-order chi connectivity index (χ0) is 32.8. The molecule has 1 aromatic rings. The summed E-state index contributed by atoms with van der Waals surface area (Å²) in [6, 6.07) is 6.30. The molecule has 0 radical (unpaired) electrons. The van der Waals surface area contributed by atoms with E-state index in [2.05, 4.69) is 13.2 Å². The average Bonchev–Trinajstić information content (AvgIpc) is 2.90. The van der Waals surface area contributed by atoms with E-state index < -0.39 is 28.9 Å². The molecule has 0 saturated carbocycles. The summed E-state index contributed by atoms with van der Waals surface area (Å²) in [6.07, 6.45) is 5.46. The standard InChI is InChI=1S/C18H24ClN3O4S.C5H9Cl.C5H8.CHF3/c1-12(2)20-11-16-21(27(3,25)26)9-8-17(23)22(16)15(18(20)24)10-13-4-6-14(19)7-5-13;1-3-5(6)4-2;1-4-5(2)3;2-1(3)4/h4-7,12,15-16H,8-11H2,1-3H3;3H,4H2,1-2H3;4H,1-2H2,3H3;1H/b;5-3+;;. The van der Waals surface area contributed by atoms with Crippen LogP contribution in [0.5, 0.6) is 0 Å². The molecule has 0 aromatic heterocycles. The van der Waals surface area contributed by atoms with E-state index in [0.717, 1.165) is 28.8 Å². The van der Waals surface area contributed by atoms with Crippen molar-refractivity contribution in [2.24, 2.45) is 0 Å². The second-order valence-corrected chi connectivity index (χ2v) is 12.6. The van der Waals surface area contributed by atoms with Gasteiger partial charge in [0.25, 0.3) is 0 Å². The quantitative estimate of drug-likeness (QED) is 0.316. The fraction of sp³-hybridized carbons (Fsp3) is 0.517. The summed E-state index contributed by atoms with van der Waals surface area (Å²) in [5, 5.41) is 1.53. The number of fused-ring (bicyclic) bond motifs is 1. The summed E-state index contributed by atoms with van der Waals surface area (Å²) in [5.74, 6) is -0.337. The summed E-state index contributed by atoms with van der Waals surface area (Å²) < 4.78 is 54.9. The Morgan fingerprint density at radius 3 is 2.02 bits per heavy atom. The highest BCUT2D eigenvalue weighted by Crippen LogP contribution is 2.30. The maximum atomic E-state index is 13.1. The molecule has 2 unspecified atom stereocenters. The second-order valence-electron chi connectivity index (χ2n) is 9.72. The summed E-state index contributed by atoms with van der Waals surface area (Å²) in [4.78, 5) is 29.0. The van der Waals surface area contributed by atoms with Crippen molar-refractivity contribution in [2.75, 3.05) is 19.3 Å². The van der Waals surface area contributed by atoms with Crippen molar-refractivity contribution < 1.29 is 31.2 Å². The third kappa shape index (κ3) is 13.8. The van der Waals surface area contributed by atoms with E-state index in [1.54, 1.807) is 23.1 Å². The van der Waals surface area contributed by atoms with E-state index in [4.69, 9.17) is 23.2 Å². The highest BCUT2D eigenvalue weighted by atomic mass is 35.5. The first-order valence-electron chi connectivity index (χ1n) is 13.2. The number of piperazine rings is 1. The summed E-state index contributed by atoms with van der Waals surface area (Å²) in [5.41, 5.74) is 1.89. The number of hydrogen-bond donors (Lipinski definition) is 0. The van der Waals surface area contributed by atoms with Crippen LogP contribution in [-0.2, 0) is 26.0 Å². The molecule has 2 aliphatic rings. The van der Waals surface area contributed by atoms with Crippen LogP contribution in [0.3, 0.4) is 0 Å². The van der Waals surface area contributed by atoms with Gasteiger partial charge >= 0.3 is 6.68 Å². The maximum Gasteiger partial charge on any atom is 0.379 e. The Kier molecular flexibility index (Phi) is 18.0. The molecule has 238 valence electrons. The van der Waals surface area contributed by atoms with Crippen LogP contribution in [0.4, 0.5) is 13.2 Å². The van der Waals surface area contributed by atoms with Gasteiger partial charge in [0.1, 0.15) is 12.2 Å². The number of rotatable bonds is 6. The predicted molar refractivity (Wildman–Crippen MR) is 165 cm³/mol. The first kappa shape index (κ1) is 39.7. The molecule has 2 amide bonds. The first-order chi connectivity index (χ1) is 19.4. The Morgan fingerprint density at radius 1 is 1.17 bits per heavy atom. The Labute approximate surface area is 258 Å². The van der Waals surface area contributed by atoms with Crippen molar-refractivity contribution in [3.63, 3.8) is 0 Å². The van der Waals surface area contributed by atoms with Gasteiger partial charge in [-0.1, -0.05) is 73.1 Å². The second kappa shape index (κ2) is 19.0. The number of alkyl halides is 3. The number of amides is 2. The molecule has 2 heterocycles. The molecule has 2 atom stereocenters. The van der Waals surface area contributed by atoms with Gasteiger partial charge in [-0.05, 0) is 51.8 Å². The van der Waals surface area contributed by atoms with Crippen LogP contribution < -0.4 is 0 Å². The van der Waals surface area contributed by atoms with E-state index in [1.165, 1.54) is 9.21 Å². The van der Waals surface area contributed by atoms with Gasteiger partial charge in [0, 0.05) is 35.5 Å². The largest absolute Gasteiger partial charge is 0.379 e. The van der Waals surface area contributed by atoms with Crippen LogP contribution in [0.1, 0.15) is 53.0 Å². The number of carbonyl (C=O) groups is 2. The molecule has 1 aromatic carbocycles. The summed E-state index contributed by atoms with van der Waals surface area (Å²) >= 11 is 11.4. The fourth-order valence-electron chi connectivity index (χ4n) is 4.01. The molecule has 7 nitrogen and oxygen atoms in total. The lowest BCUT2D eigenvalue weighted by Gasteiger charge is -2.52. The lowest BCUT2D eigenvalue weighted by Crippen LogP contribution is -2.72. The minimum atomic E-state index is -3.67. The molecule has 0 aliphatic carbocycles. The Bertz CT molecular complexity index is 1180. The van der Waals surface area contributed by atoms with Gasteiger partial charge in [-0.15, -0.1) is 0 Å². The molecule has 0 N–H and O–H groups in total. The molecular formula is C29H42Cl2F3N3O4S. The van der Waals surface area contributed by atoms with E-state index in [1.807, 2.05) is 52.8 Å². The van der Waals surface area contributed by atoms with Gasteiger partial charge in [0.15, 0.2) is 0 Å². The number of sulfonamides is 1. The van der Waals surface area contributed by atoms with Crippen LogP contribution in [0.15, 0.2) is 60.2 Å². The van der Waals surface area contributed by atoms with Gasteiger partial charge in [-0.3, -0.25) is 9.59 Å². The van der Waals surface area contributed by atoms with Crippen LogP contribution in [-0.4, -0.2) is 78.6 Å². The van der Waals surface area contributed by atoms with Crippen molar-refractivity contribution in [3.05, 3.63) is 70.8 Å². The highest BCUT2D eigenvalue weighted by molar-refractivity contribution is 7.88. The van der Waals surface area contributed by atoms with Crippen LogP contribution in [0, 0.1) is 0 Å². The molecule has 13 heteroatoms. The smallest absolute Gasteiger partial charge is 0.335 e. The first-order valence-corrected chi connectivity index (χ1v) is 15.8. The van der Waals surface area contributed by atoms with E-state index >= 15 is 0 Å². The Morgan fingerprint density at radius 2 is 1.67 bits per heavy atom. The molecule has 2 fully saturated rings. The minimum Gasteiger partial charge on any atom is -0.335 e. The Hall–Kier alpha value is -2.34. The molecule has 0 spiro atoms. The number of nitrogens with zero attached hydrogens (tertiary/aromatic N) is 3. The van der Waals surface area contributed by atoms with Crippen molar-refractivity contribution in [3.8, 4) is 0 Å².